The fourth-order valence-corrected chi connectivity index (χ4v) is 3.55. The lowest BCUT2D eigenvalue weighted by Crippen LogP contribution is -2.04. The number of carbonyl (C=O) groups excluding carboxylic acids is 2. The summed E-state index contributed by atoms with van der Waals surface area (Å²) in [4.78, 5) is 25.2. The van der Waals surface area contributed by atoms with Crippen LogP contribution in [0, 0.1) is 18.3 Å². The van der Waals surface area contributed by atoms with Crippen LogP contribution in [0.25, 0.3) is 5.52 Å². The lowest BCUT2D eigenvalue weighted by molar-refractivity contribution is 0.0525. The SMILES string of the molecule is CCOC(=O)c1cn2ncc(C#N)c(Nc3cccc(C(=O)c4ccccc4)c3)c2c1C. The van der Waals surface area contributed by atoms with Gasteiger partial charge in [0.25, 0.3) is 0 Å². The molecule has 158 valence electrons. The summed E-state index contributed by atoms with van der Waals surface area (Å²) in [6.45, 7) is 3.78. The van der Waals surface area contributed by atoms with Crippen molar-refractivity contribution in [3.8, 4) is 6.07 Å². The van der Waals surface area contributed by atoms with E-state index >= 15 is 0 Å². The number of nitrogens with zero attached hydrogens (tertiary/aromatic N) is 3. The summed E-state index contributed by atoms with van der Waals surface area (Å²) >= 11 is 0. The second-order valence-electron chi connectivity index (χ2n) is 7.13. The maximum Gasteiger partial charge on any atom is 0.340 e. The minimum Gasteiger partial charge on any atom is -0.462 e. The average Bonchev–Trinajstić information content (AvgIpc) is 3.16. The second-order valence-corrected chi connectivity index (χ2v) is 7.13. The lowest BCUT2D eigenvalue weighted by atomic mass is 10.0. The average molecular weight is 424 g/mol. The van der Waals surface area contributed by atoms with Crippen LogP contribution in [0.2, 0.25) is 0 Å². The standard InChI is InChI=1S/C25H20N4O3/c1-3-32-25(31)21-15-29-23(16(21)2)22(19(13-26)14-27-29)28-20-11-7-10-18(12-20)24(30)17-8-5-4-6-9-17/h4-12,14-15,28H,3H2,1-2H3. The molecule has 0 fully saturated rings. The van der Waals surface area contributed by atoms with E-state index in [0.717, 1.165) is 0 Å². The molecule has 2 aromatic heterocycles. The van der Waals surface area contributed by atoms with Crippen LogP contribution in [0.3, 0.4) is 0 Å². The second kappa shape index (κ2) is 8.74. The zero-order chi connectivity index (χ0) is 22.7. The number of rotatable bonds is 6. The Labute approximate surface area is 184 Å². The number of benzene rings is 2. The van der Waals surface area contributed by atoms with Gasteiger partial charge in [0.05, 0.1) is 35.1 Å². The molecule has 0 amide bonds. The normalized spacial score (nSPS) is 10.5. The van der Waals surface area contributed by atoms with Crippen LogP contribution in [0.1, 0.15) is 44.3 Å². The van der Waals surface area contributed by atoms with Gasteiger partial charge in [-0.15, -0.1) is 0 Å². The molecule has 0 atom stereocenters. The molecule has 2 aromatic carbocycles. The number of hydrogen-bond acceptors (Lipinski definition) is 6. The van der Waals surface area contributed by atoms with Crippen LogP contribution in [-0.4, -0.2) is 28.0 Å². The molecule has 0 spiro atoms. The fraction of sp³-hybridized carbons (Fsp3) is 0.120. The number of esters is 1. The number of anilines is 2. The van der Waals surface area contributed by atoms with Crippen molar-refractivity contribution in [1.29, 1.82) is 5.26 Å². The van der Waals surface area contributed by atoms with Gasteiger partial charge in [0.1, 0.15) is 6.07 Å². The summed E-state index contributed by atoms with van der Waals surface area (Å²) in [6.07, 6.45) is 3.02. The van der Waals surface area contributed by atoms with Crippen molar-refractivity contribution in [2.75, 3.05) is 11.9 Å². The Kier molecular flexibility index (Phi) is 5.69. The minimum atomic E-state index is -0.449. The third-order valence-corrected chi connectivity index (χ3v) is 5.10. The van der Waals surface area contributed by atoms with Crippen molar-refractivity contribution in [2.24, 2.45) is 0 Å². The van der Waals surface area contributed by atoms with Gasteiger partial charge in [-0.05, 0) is 31.5 Å². The molecular weight excluding hydrogens is 404 g/mol. The maximum atomic E-state index is 12.8. The van der Waals surface area contributed by atoms with Gasteiger partial charge in [-0.2, -0.15) is 10.4 Å². The zero-order valence-corrected chi connectivity index (χ0v) is 17.6. The molecule has 0 aliphatic rings. The number of hydrogen-bond donors (Lipinski definition) is 1. The number of nitriles is 1. The molecule has 0 unspecified atom stereocenters. The van der Waals surface area contributed by atoms with Gasteiger partial charge < -0.3 is 10.1 Å². The highest BCUT2D eigenvalue weighted by Crippen LogP contribution is 2.31. The summed E-state index contributed by atoms with van der Waals surface area (Å²) in [5, 5.41) is 17.2. The van der Waals surface area contributed by atoms with E-state index in [4.69, 9.17) is 4.74 Å². The lowest BCUT2D eigenvalue weighted by Gasteiger charge is -2.12. The summed E-state index contributed by atoms with van der Waals surface area (Å²) < 4.78 is 6.68. The third kappa shape index (κ3) is 3.82. The monoisotopic (exact) mass is 424 g/mol. The molecule has 4 rings (SSSR count). The van der Waals surface area contributed by atoms with E-state index in [1.165, 1.54) is 6.20 Å². The van der Waals surface area contributed by atoms with Crippen LogP contribution in [-0.2, 0) is 4.74 Å². The molecule has 7 nitrogen and oxygen atoms in total. The molecule has 0 radical (unpaired) electrons. The first kappa shape index (κ1) is 20.8. The minimum absolute atomic E-state index is 0.0990. The molecule has 32 heavy (non-hydrogen) atoms. The third-order valence-electron chi connectivity index (χ3n) is 5.10. The van der Waals surface area contributed by atoms with E-state index in [-0.39, 0.29) is 12.4 Å². The van der Waals surface area contributed by atoms with Crippen LogP contribution in [0.4, 0.5) is 11.4 Å². The van der Waals surface area contributed by atoms with Gasteiger partial charge in [-0.25, -0.2) is 9.31 Å². The zero-order valence-electron chi connectivity index (χ0n) is 17.6. The Balaban J connectivity index is 1.77. The highest BCUT2D eigenvalue weighted by atomic mass is 16.5. The quantitative estimate of drug-likeness (QED) is 0.357. The summed E-state index contributed by atoms with van der Waals surface area (Å²) in [6, 6.07) is 18.2. The topological polar surface area (TPSA) is 96.5 Å². The molecule has 0 aliphatic heterocycles. The Morgan fingerprint density at radius 1 is 1.12 bits per heavy atom. The van der Waals surface area contributed by atoms with Crippen LogP contribution in [0.5, 0.6) is 0 Å². The Morgan fingerprint density at radius 3 is 2.59 bits per heavy atom. The number of ether oxygens (including phenoxy) is 1. The highest BCUT2D eigenvalue weighted by Gasteiger charge is 2.20. The van der Waals surface area contributed by atoms with Crippen molar-refractivity contribution >= 4 is 28.6 Å². The number of aromatic nitrogens is 2. The summed E-state index contributed by atoms with van der Waals surface area (Å²) in [5.41, 5.74) is 4.17. The Bertz CT molecular complexity index is 1370. The van der Waals surface area contributed by atoms with E-state index in [1.54, 1.807) is 54.9 Å². The number of fused-ring (bicyclic) bond motifs is 1. The predicted molar refractivity (Wildman–Crippen MR) is 120 cm³/mol. The summed E-state index contributed by atoms with van der Waals surface area (Å²) in [7, 11) is 0. The molecule has 0 aliphatic carbocycles. The highest BCUT2D eigenvalue weighted by molar-refractivity contribution is 6.09. The molecular formula is C25H20N4O3. The number of aryl methyl sites for hydroxylation is 1. The van der Waals surface area contributed by atoms with E-state index < -0.39 is 5.97 Å². The van der Waals surface area contributed by atoms with Crippen molar-refractivity contribution < 1.29 is 14.3 Å². The van der Waals surface area contributed by atoms with Gasteiger partial charge >= 0.3 is 5.97 Å². The van der Waals surface area contributed by atoms with Gasteiger partial charge in [-0.1, -0.05) is 42.5 Å². The van der Waals surface area contributed by atoms with Crippen molar-refractivity contribution in [3.05, 3.63) is 94.8 Å². The fourth-order valence-electron chi connectivity index (χ4n) is 3.55. The predicted octanol–water partition coefficient (Wildman–Crippen LogP) is 4.67. The molecule has 0 saturated heterocycles. The van der Waals surface area contributed by atoms with Crippen molar-refractivity contribution in [3.63, 3.8) is 0 Å². The van der Waals surface area contributed by atoms with Gasteiger partial charge in [0, 0.05) is 23.0 Å². The Morgan fingerprint density at radius 2 is 1.88 bits per heavy atom. The van der Waals surface area contributed by atoms with E-state index in [1.807, 2.05) is 24.3 Å². The first-order valence-corrected chi connectivity index (χ1v) is 10.1. The first-order valence-electron chi connectivity index (χ1n) is 10.1. The first-order chi connectivity index (χ1) is 15.5. The smallest absolute Gasteiger partial charge is 0.340 e. The van der Waals surface area contributed by atoms with Crippen LogP contribution < -0.4 is 5.32 Å². The molecule has 4 aromatic rings. The molecule has 0 saturated carbocycles. The van der Waals surface area contributed by atoms with Crippen molar-refractivity contribution in [2.45, 2.75) is 13.8 Å². The van der Waals surface area contributed by atoms with Gasteiger partial charge in [0.15, 0.2) is 5.78 Å². The van der Waals surface area contributed by atoms with Gasteiger partial charge in [-0.3, -0.25) is 4.79 Å². The summed E-state index contributed by atoms with van der Waals surface area (Å²) in [5.74, 6) is -0.548. The Hall–Kier alpha value is -4.44. The number of carbonyl (C=O) groups is 2. The van der Waals surface area contributed by atoms with Gasteiger partial charge in [0.2, 0.25) is 0 Å². The molecule has 0 bridgehead atoms. The van der Waals surface area contributed by atoms with E-state index in [9.17, 15) is 14.9 Å². The largest absolute Gasteiger partial charge is 0.462 e. The maximum absolute atomic E-state index is 12.8. The van der Waals surface area contributed by atoms with Crippen molar-refractivity contribution in [1.82, 2.24) is 9.61 Å². The van der Waals surface area contributed by atoms with E-state index in [2.05, 4.69) is 16.5 Å². The van der Waals surface area contributed by atoms with Crippen LogP contribution in [0.15, 0.2) is 67.0 Å². The molecule has 1 N–H and O–H groups in total. The van der Waals surface area contributed by atoms with E-state index in [0.29, 0.717) is 44.7 Å². The number of ketones is 1. The molecule has 7 heteroatoms. The van der Waals surface area contributed by atoms with Crippen LogP contribution >= 0.6 is 0 Å². The molecule has 2 heterocycles. The number of nitrogens with one attached hydrogen (secondary N) is 1.